The molecular weight excluding hydrogens is 472 g/mol. The van der Waals surface area contributed by atoms with Gasteiger partial charge in [0.25, 0.3) is 5.91 Å². The normalized spacial score (nSPS) is 23.4. The molecule has 1 aromatic carbocycles. The highest BCUT2D eigenvalue weighted by molar-refractivity contribution is 6.00. The monoisotopic (exact) mass is 506 g/mol. The fourth-order valence-electron chi connectivity index (χ4n) is 5.19. The summed E-state index contributed by atoms with van der Waals surface area (Å²) in [4.78, 5) is 44.0. The third kappa shape index (κ3) is 5.93. The Balaban J connectivity index is 1.17. The molecule has 1 saturated carbocycles. The van der Waals surface area contributed by atoms with Crippen molar-refractivity contribution in [1.29, 1.82) is 0 Å². The minimum Gasteiger partial charge on any atom is -0.490 e. The van der Waals surface area contributed by atoms with Crippen LogP contribution in [0.2, 0.25) is 0 Å². The van der Waals surface area contributed by atoms with Crippen LogP contribution in [0.5, 0.6) is 5.75 Å². The number of fused-ring (bicyclic) bond motifs is 2. The second-order valence-corrected chi connectivity index (χ2v) is 10.2. The molecule has 2 aromatic rings. The number of rotatable bonds is 7. The van der Waals surface area contributed by atoms with Crippen LogP contribution in [0.3, 0.4) is 0 Å². The predicted octanol–water partition coefficient (Wildman–Crippen LogP) is 2.95. The highest BCUT2D eigenvalue weighted by Gasteiger charge is 2.39. The highest BCUT2D eigenvalue weighted by Crippen LogP contribution is 2.33. The van der Waals surface area contributed by atoms with Crippen LogP contribution < -0.4 is 15.4 Å². The van der Waals surface area contributed by atoms with Gasteiger partial charge in [0.1, 0.15) is 18.5 Å². The van der Waals surface area contributed by atoms with Crippen LogP contribution >= 0.6 is 0 Å². The topological polar surface area (TPSA) is 110 Å². The van der Waals surface area contributed by atoms with Crippen molar-refractivity contribution in [2.75, 3.05) is 25.5 Å². The molecule has 3 heterocycles. The fourth-order valence-corrected chi connectivity index (χ4v) is 5.19. The van der Waals surface area contributed by atoms with E-state index in [1.165, 1.54) is 0 Å². The molecule has 0 unspecified atom stereocenters. The molecule has 3 amide bonds. The molecule has 37 heavy (non-hydrogen) atoms. The molecular formula is C28H34N4O5. The van der Waals surface area contributed by atoms with Gasteiger partial charge in [0.2, 0.25) is 11.8 Å². The lowest BCUT2D eigenvalue weighted by atomic mass is 9.85. The van der Waals surface area contributed by atoms with E-state index in [9.17, 15) is 14.4 Å². The smallest absolute Gasteiger partial charge is 0.257 e. The highest BCUT2D eigenvalue weighted by atomic mass is 16.5. The summed E-state index contributed by atoms with van der Waals surface area (Å²) in [6.07, 6.45) is 8.27. The van der Waals surface area contributed by atoms with Gasteiger partial charge in [-0.3, -0.25) is 19.4 Å². The van der Waals surface area contributed by atoms with E-state index in [1.807, 2.05) is 12.1 Å². The number of hydrogen-bond acceptors (Lipinski definition) is 6. The van der Waals surface area contributed by atoms with Crippen molar-refractivity contribution in [3.63, 3.8) is 0 Å². The number of carbonyl (C=O) groups is 3. The van der Waals surface area contributed by atoms with Crippen molar-refractivity contribution in [2.24, 2.45) is 5.92 Å². The second-order valence-electron chi connectivity index (χ2n) is 10.2. The lowest BCUT2D eigenvalue weighted by molar-refractivity contribution is -0.134. The van der Waals surface area contributed by atoms with Crippen molar-refractivity contribution in [2.45, 2.75) is 63.2 Å². The number of pyridine rings is 1. The summed E-state index contributed by atoms with van der Waals surface area (Å²) in [5.74, 6) is 0.326. The summed E-state index contributed by atoms with van der Waals surface area (Å²) in [5, 5.41) is 5.91. The summed E-state index contributed by atoms with van der Waals surface area (Å²) in [6, 6.07) is 8.92. The largest absolute Gasteiger partial charge is 0.490 e. The van der Waals surface area contributed by atoms with Gasteiger partial charge in [-0.15, -0.1) is 0 Å². The lowest BCUT2D eigenvalue weighted by Crippen LogP contribution is -2.54. The van der Waals surface area contributed by atoms with Crippen LogP contribution in [0, 0.1) is 5.92 Å². The molecule has 5 rings (SSSR count). The van der Waals surface area contributed by atoms with E-state index in [4.69, 9.17) is 9.47 Å². The number of nitrogens with one attached hydrogen (secondary N) is 2. The van der Waals surface area contributed by atoms with Gasteiger partial charge in [0.05, 0.1) is 24.1 Å². The van der Waals surface area contributed by atoms with Gasteiger partial charge in [-0.05, 0) is 68.0 Å². The number of anilines is 1. The molecule has 2 fully saturated rings. The maximum absolute atomic E-state index is 13.4. The van der Waals surface area contributed by atoms with Crippen molar-refractivity contribution >= 4 is 23.4 Å². The van der Waals surface area contributed by atoms with Crippen LogP contribution in [0.4, 0.5) is 5.69 Å². The predicted molar refractivity (Wildman–Crippen MR) is 137 cm³/mol. The summed E-state index contributed by atoms with van der Waals surface area (Å²) >= 11 is 0. The third-order valence-electron chi connectivity index (χ3n) is 7.65. The molecule has 2 N–H and O–H groups in total. The minimum atomic E-state index is -0.330. The van der Waals surface area contributed by atoms with E-state index in [-0.39, 0.29) is 54.9 Å². The van der Waals surface area contributed by atoms with Crippen LogP contribution in [0.15, 0.2) is 42.7 Å². The number of hydrogen-bond donors (Lipinski definition) is 2. The van der Waals surface area contributed by atoms with Gasteiger partial charge in [0.15, 0.2) is 0 Å². The van der Waals surface area contributed by atoms with E-state index in [1.54, 1.807) is 42.5 Å². The van der Waals surface area contributed by atoms with Crippen LogP contribution in [-0.4, -0.2) is 66.1 Å². The number of aromatic nitrogens is 1. The first-order valence-corrected chi connectivity index (χ1v) is 13.1. The molecule has 1 saturated heterocycles. The number of benzene rings is 1. The molecule has 1 aliphatic carbocycles. The molecule has 3 aliphatic rings. The number of amides is 3. The van der Waals surface area contributed by atoms with Gasteiger partial charge in [0, 0.05) is 37.6 Å². The summed E-state index contributed by atoms with van der Waals surface area (Å²) in [6.45, 7) is 0.838. The van der Waals surface area contributed by atoms with Gasteiger partial charge in [-0.1, -0.05) is 6.42 Å². The molecule has 196 valence electrons. The Hall–Kier alpha value is -3.46. The van der Waals surface area contributed by atoms with Crippen LogP contribution in [0.25, 0.3) is 0 Å². The molecule has 9 heteroatoms. The fraction of sp³-hybridized carbons (Fsp3) is 0.500. The van der Waals surface area contributed by atoms with E-state index in [0.717, 1.165) is 37.7 Å². The first-order chi connectivity index (χ1) is 18.0. The summed E-state index contributed by atoms with van der Waals surface area (Å²) in [7, 11) is 1.78. The van der Waals surface area contributed by atoms with Crippen molar-refractivity contribution in [3.05, 3.63) is 53.9 Å². The minimum absolute atomic E-state index is 0.00644. The Bertz CT molecular complexity index is 1140. The number of likely N-dealkylation sites (N-methyl/N-ethyl adjacent to an activating group) is 1. The zero-order valence-corrected chi connectivity index (χ0v) is 21.2. The van der Waals surface area contributed by atoms with Gasteiger partial charge in [-0.2, -0.15) is 0 Å². The zero-order chi connectivity index (χ0) is 25.8. The molecule has 0 spiro atoms. The second kappa shape index (κ2) is 11.3. The number of nitrogens with zero attached hydrogens (tertiary/aromatic N) is 2. The average Bonchev–Trinajstić information content (AvgIpc) is 2.86. The number of carbonyl (C=O) groups excluding carboxylic acids is 3. The Labute approximate surface area is 216 Å². The molecule has 9 nitrogen and oxygen atoms in total. The Morgan fingerprint density at radius 3 is 2.68 bits per heavy atom. The quantitative estimate of drug-likeness (QED) is 0.598. The first kappa shape index (κ1) is 25.2. The molecule has 1 aromatic heterocycles. The SMILES string of the molecule is CN1C(=O)c2cc(NC(=O)C3CCC3)ccc2OC[C@H]2O[C@@H](CC(=O)NCCc3ccncc3)CC[C@H]21. The Kier molecular flexibility index (Phi) is 7.69. The third-order valence-corrected chi connectivity index (χ3v) is 7.65. The maximum atomic E-state index is 13.4. The Morgan fingerprint density at radius 2 is 1.92 bits per heavy atom. The standard InChI is InChI=1S/C28H34N4O5/c1-32-23-7-6-21(16-26(33)30-14-11-18-9-12-29-13-10-18)37-25(23)17-36-24-8-5-20(15-22(24)28(32)35)31-27(34)19-3-2-4-19/h5,8-10,12-13,15,19,21,23,25H,2-4,6-7,11,14,16-17H2,1H3,(H,30,33)(H,31,34)/t21-,23-,25-/m1/s1. The lowest BCUT2D eigenvalue weighted by Gasteiger charge is -2.42. The van der Waals surface area contributed by atoms with Crippen molar-refractivity contribution in [1.82, 2.24) is 15.2 Å². The molecule has 0 bridgehead atoms. The zero-order valence-electron chi connectivity index (χ0n) is 21.2. The molecule has 2 aliphatic heterocycles. The van der Waals surface area contributed by atoms with Crippen LogP contribution in [0.1, 0.15) is 54.4 Å². The van der Waals surface area contributed by atoms with Crippen molar-refractivity contribution in [3.8, 4) is 5.75 Å². The summed E-state index contributed by atoms with van der Waals surface area (Å²) in [5.41, 5.74) is 2.16. The van der Waals surface area contributed by atoms with E-state index in [2.05, 4.69) is 15.6 Å². The number of ether oxygens (including phenoxy) is 2. The Morgan fingerprint density at radius 1 is 1.11 bits per heavy atom. The van der Waals surface area contributed by atoms with Gasteiger partial charge >= 0.3 is 0 Å². The average molecular weight is 507 g/mol. The van der Waals surface area contributed by atoms with E-state index < -0.39 is 0 Å². The first-order valence-electron chi connectivity index (χ1n) is 13.1. The van der Waals surface area contributed by atoms with Gasteiger partial charge < -0.3 is 25.0 Å². The maximum Gasteiger partial charge on any atom is 0.257 e. The molecule has 3 atom stereocenters. The summed E-state index contributed by atoms with van der Waals surface area (Å²) < 4.78 is 12.3. The van der Waals surface area contributed by atoms with Crippen molar-refractivity contribution < 1.29 is 23.9 Å². The van der Waals surface area contributed by atoms with E-state index in [0.29, 0.717) is 30.0 Å². The van der Waals surface area contributed by atoms with E-state index >= 15 is 0 Å². The van der Waals surface area contributed by atoms with Gasteiger partial charge in [-0.25, -0.2) is 0 Å². The van der Waals surface area contributed by atoms with Crippen LogP contribution in [-0.2, 0) is 20.7 Å². The molecule has 0 radical (unpaired) electrons.